The lowest BCUT2D eigenvalue weighted by atomic mass is 10.1. The largest absolute Gasteiger partial charge is 0.372 e. The van der Waals surface area contributed by atoms with Crippen LogP contribution in [0.4, 0.5) is 17.5 Å². The highest BCUT2D eigenvalue weighted by molar-refractivity contribution is 7.15. The minimum absolute atomic E-state index is 0.0281. The van der Waals surface area contributed by atoms with E-state index in [4.69, 9.17) is 0 Å². The Morgan fingerprint density at radius 2 is 2.16 bits per heavy atom. The van der Waals surface area contributed by atoms with E-state index in [0.717, 1.165) is 24.5 Å². The summed E-state index contributed by atoms with van der Waals surface area (Å²) in [6.07, 6.45) is 7.06. The van der Waals surface area contributed by atoms with Crippen molar-refractivity contribution in [2.45, 2.75) is 25.8 Å². The standard InChI is InChI=1S/C16H18N6O2S/c23-22(24)15-13(19-16-21(15)9-10-25-16)18-11-12-5-4-6-17-14(12)20-7-2-1-3-8-20/h4-6,9-10,18H,1-3,7-8,11H2. The fourth-order valence-electron chi connectivity index (χ4n) is 3.20. The van der Waals surface area contributed by atoms with Crippen molar-refractivity contribution < 1.29 is 4.92 Å². The van der Waals surface area contributed by atoms with Crippen molar-refractivity contribution in [3.8, 4) is 0 Å². The first-order valence-corrected chi connectivity index (χ1v) is 9.14. The summed E-state index contributed by atoms with van der Waals surface area (Å²) in [6.45, 7) is 2.46. The van der Waals surface area contributed by atoms with Gasteiger partial charge in [0.25, 0.3) is 4.96 Å². The third kappa shape index (κ3) is 3.02. The number of nitrogens with zero attached hydrogens (tertiary/aromatic N) is 5. The van der Waals surface area contributed by atoms with Gasteiger partial charge in [-0.05, 0) is 30.3 Å². The van der Waals surface area contributed by atoms with Crippen molar-refractivity contribution in [2.24, 2.45) is 0 Å². The molecule has 3 aromatic heterocycles. The number of pyridine rings is 1. The van der Waals surface area contributed by atoms with Crippen LogP contribution in [0.3, 0.4) is 0 Å². The highest BCUT2D eigenvalue weighted by Crippen LogP contribution is 2.29. The fraction of sp³-hybridized carbons (Fsp3) is 0.375. The number of fused-ring (bicyclic) bond motifs is 1. The monoisotopic (exact) mass is 358 g/mol. The van der Waals surface area contributed by atoms with Crippen LogP contribution in [0.1, 0.15) is 24.8 Å². The third-order valence-electron chi connectivity index (χ3n) is 4.38. The number of piperidine rings is 1. The van der Waals surface area contributed by atoms with Gasteiger partial charge in [-0.15, -0.1) is 0 Å². The van der Waals surface area contributed by atoms with Crippen molar-refractivity contribution in [1.29, 1.82) is 0 Å². The summed E-state index contributed by atoms with van der Waals surface area (Å²) in [5.74, 6) is 1.23. The summed E-state index contributed by atoms with van der Waals surface area (Å²) >= 11 is 1.37. The number of hydrogen-bond acceptors (Lipinski definition) is 7. The van der Waals surface area contributed by atoms with Gasteiger partial charge >= 0.3 is 5.82 Å². The normalized spacial score (nSPS) is 14.8. The first-order valence-electron chi connectivity index (χ1n) is 8.26. The van der Waals surface area contributed by atoms with Gasteiger partial charge in [0.2, 0.25) is 5.82 Å². The van der Waals surface area contributed by atoms with E-state index >= 15 is 0 Å². The zero-order valence-corrected chi connectivity index (χ0v) is 14.4. The first-order chi connectivity index (χ1) is 12.2. The number of aromatic nitrogens is 3. The maximum atomic E-state index is 11.4. The summed E-state index contributed by atoms with van der Waals surface area (Å²) in [5, 5.41) is 16.3. The molecule has 0 atom stereocenters. The van der Waals surface area contributed by atoms with Crippen molar-refractivity contribution in [1.82, 2.24) is 14.4 Å². The van der Waals surface area contributed by atoms with Crippen molar-refractivity contribution >= 4 is 33.8 Å². The van der Waals surface area contributed by atoms with Gasteiger partial charge in [-0.2, -0.15) is 9.38 Å². The van der Waals surface area contributed by atoms with E-state index in [-0.39, 0.29) is 5.82 Å². The Bertz CT molecular complexity index is 899. The zero-order valence-electron chi connectivity index (χ0n) is 13.6. The Morgan fingerprint density at radius 1 is 1.32 bits per heavy atom. The second-order valence-corrected chi connectivity index (χ2v) is 6.86. The van der Waals surface area contributed by atoms with Gasteiger partial charge in [0, 0.05) is 36.8 Å². The molecule has 4 heterocycles. The molecule has 1 aliphatic rings. The molecule has 25 heavy (non-hydrogen) atoms. The number of anilines is 2. The Hall–Kier alpha value is -2.68. The van der Waals surface area contributed by atoms with Crippen LogP contribution in [0.2, 0.25) is 0 Å². The molecular formula is C16H18N6O2S. The number of thiazole rings is 1. The lowest BCUT2D eigenvalue weighted by Gasteiger charge is -2.29. The molecule has 0 radical (unpaired) electrons. The van der Waals surface area contributed by atoms with Gasteiger partial charge in [-0.1, -0.05) is 17.4 Å². The molecule has 0 unspecified atom stereocenters. The van der Waals surface area contributed by atoms with Crippen LogP contribution in [-0.4, -0.2) is 32.4 Å². The quantitative estimate of drug-likeness (QED) is 0.556. The molecule has 0 spiro atoms. The summed E-state index contributed by atoms with van der Waals surface area (Å²) in [7, 11) is 0. The molecule has 9 heteroatoms. The van der Waals surface area contributed by atoms with E-state index in [9.17, 15) is 10.1 Å². The lowest BCUT2D eigenvalue weighted by Crippen LogP contribution is -2.31. The van der Waals surface area contributed by atoms with Gasteiger partial charge in [0.05, 0.1) is 0 Å². The summed E-state index contributed by atoms with van der Waals surface area (Å²) in [4.78, 5) is 22.8. The molecule has 8 nitrogen and oxygen atoms in total. The van der Waals surface area contributed by atoms with Gasteiger partial charge in [-0.25, -0.2) is 4.98 Å². The van der Waals surface area contributed by atoms with E-state index in [1.807, 2.05) is 12.1 Å². The van der Waals surface area contributed by atoms with Crippen LogP contribution in [0, 0.1) is 10.1 Å². The second-order valence-electron chi connectivity index (χ2n) is 5.98. The summed E-state index contributed by atoms with van der Waals surface area (Å²) in [5.41, 5.74) is 1.02. The van der Waals surface area contributed by atoms with Gasteiger partial charge in [0.15, 0.2) is 0 Å². The maximum Gasteiger partial charge on any atom is 0.372 e. The number of imidazole rings is 1. The second kappa shape index (κ2) is 6.67. The van der Waals surface area contributed by atoms with Crippen LogP contribution in [-0.2, 0) is 6.54 Å². The molecule has 3 aromatic rings. The van der Waals surface area contributed by atoms with E-state index in [1.165, 1.54) is 35.0 Å². The Morgan fingerprint density at radius 3 is 2.96 bits per heavy atom. The van der Waals surface area contributed by atoms with E-state index in [1.54, 1.807) is 17.8 Å². The molecule has 4 rings (SSSR count). The van der Waals surface area contributed by atoms with Crippen LogP contribution in [0.25, 0.3) is 4.96 Å². The molecule has 130 valence electrons. The van der Waals surface area contributed by atoms with Crippen LogP contribution in [0.15, 0.2) is 29.9 Å². The SMILES string of the molecule is O=[N+]([O-])c1c(NCc2cccnc2N2CCCCC2)nc2sccn12. The predicted molar refractivity (Wildman–Crippen MR) is 97.4 cm³/mol. The predicted octanol–water partition coefficient (Wildman–Crippen LogP) is 3.30. The smallest absolute Gasteiger partial charge is 0.359 e. The summed E-state index contributed by atoms with van der Waals surface area (Å²) < 4.78 is 1.50. The number of nitrogens with one attached hydrogen (secondary N) is 1. The number of hydrogen-bond donors (Lipinski definition) is 1. The Labute approximate surface area is 148 Å². The molecule has 1 fully saturated rings. The topological polar surface area (TPSA) is 88.6 Å². The highest BCUT2D eigenvalue weighted by Gasteiger charge is 2.24. The van der Waals surface area contributed by atoms with Crippen molar-refractivity contribution in [3.05, 3.63) is 45.6 Å². The molecule has 1 saturated heterocycles. The average molecular weight is 358 g/mol. The van der Waals surface area contributed by atoms with Gasteiger partial charge < -0.3 is 20.3 Å². The first kappa shape index (κ1) is 15.8. The summed E-state index contributed by atoms with van der Waals surface area (Å²) in [6, 6.07) is 3.90. The fourth-order valence-corrected chi connectivity index (χ4v) is 3.91. The molecule has 1 N–H and O–H groups in total. The average Bonchev–Trinajstić information content (AvgIpc) is 3.21. The third-order valence-corrected chi connectivity index (χ3v) is 5.14. The lowest BCUT2D eigenvalue weighted by molar-refractivity contribution is -0.389. The maximum absolute atomic E-state index is 11.4. The van der Waals surface area contributed by atoms with Crippen molar-refractivity contribution in [2.75, 3.05) is 23.3 Å². The zero-order chi connectivity index (χ0) is 17.2. The highest BCUT2D eigenvalue weighted by atomic mass is 32.1. The molecule has 0 bridgehead atoms. The van der Waals surface area contributed by atoms with Crippen LogP contribution >= 0.6 is 11.3 Å². The molecule has 0 aromatic carbocycles. The molecule has 0 saturated carbocycles. The van der Waals surface area contributed by atoms with E-state index in [0.29, 0.717) is 17.3 Å². The molecule has 1 aliphatic heterocycles. The van der Waals surface area contributed by atoms with E-state index in [2.05, 4.69) is 20.2 Å². The van der Waals surface area contributed by atoms with Gasteiger partial charge in [0.1, 0.15) is 12.0 Å². The molecular weight excluding hydrogens is 340 g/mol. The number of rotatable bonds is 5. The number of nitro groups is 1. The molecule has 0 aliphatic carbocycles. The minimum atomic E-state index is -0.399. The Kier molecular flexibility index (Phi) is 4.22. The van der Waals surface area contributed by atoms with Crippen LogP contribution < -0.4 is 10.2 Å². The minimum Gasteiger partial charge on any atom is -0.359 e. The van der Waals surface area contributed by atoms with Crippen molar-refractivity contribution in [3.63, 3.8) is 0 Å². The van der Waals surface area contributed by atoms with Gasteiger partial charge in [-0.3, -0.25) is 0 Å². The van der Waals surface area contributed by atoms with Crippen LogP contribution in [0.5, 0.6) is 0 Å². The van der Waals surface area contributed by atoms with E-state index < -0.39 is 4.92 Å². The molecule has 0 amide bonds. The Balaban J connectivity index is 1.59.